The Morgan fingerprint density at radius 2 is 2.20 bits per heavy atom. The molecule has 1 aliphatic rings. The number of aromatic amines is 1. The highest BCUT2D eigenvalue weighted by atomic mass is 14.7. The normalized spacial score (nSPS) is 18.3. The molecule has 0 amide bonds. The van der Waals surface area contributed by atoms with E-state index in [1.165, 1.54) is 5.57 Å². The zero-order valence-corrected chi connectivity index (χ0v) is 9.04. The molecule has 0 fully saturated rings. The monoisotopic (exact) mass is 198 g/mol. The number of nitriles is 1. The molecule has 1 aromatic rings. The van der Waals surface area contributed by atoms with Crippen LogP contribution in [0.1, 0.15) is 31.7 Å². The van der Waals surface area contributed by atoms with Crippen LogP contribution in [0.4, 0.5) is 0 Å². The molecule has 0 saturated heterocycles. The third kappa shape index (κ3) is 2.02. The number of rotatable bonds is 1. The van der Waals surface area contributed by atoms with E-state index < -0.39 is 0 Å². The fourth-order valence-corrected chi connectivity index (χ4v) is 1.88. The highest BCUT2D eigenvalue weighted by Crippen LogP contribution is 2.31. The number of nitrogens with one attached hydrogen (secondary N) is 1. The fourth-order valence-electron chi connectivity index (χ4n) is 1.88. The van der Waals surface area contributed by atoms with Crippen molar-refractivity contribution >= 4 is 5.57 Å². The predicted octanol–water partition coefficient (Wildman–Crippen LogP) is 3.26. The van der Waals surface area contributed by atoms with Gasteiger partial charge in [-0.05, 0) is 24.1 Å². The average molecular weight is 198 g/mol. The van der Waals surface area contributed by atoms with Gasteiger partial charge in [-0.3, -0.25) is 0 Å². The Balaban J connectivity index is 2.33. The van der Waals surface area contributed by atoms with Gasteiger partial charge < -0.3 is 4.98 Å². The zero-order chi connectivity index (χ0) is 10.9. The average Bonchev–Trinajstić information content (AvgIpc) is 2.64. The van der Waals surface area contributed by atoms with Gasteiger partial charge in [-0.1, -0.05) is 32.1 Å². The van der Waals surface area contributed by atoms with Crippen LogP contribution >= 0.6 is 0 Å². The van der Waals surface area contributed by atoms with Crippen LogP contribution in [0.5, 0.6) is 0 Å². The van der Waals surface area contributed by atoms with Crippen LogP contribution in [0, 0.1) is 16.7 Å². The lowest BCUT2D eigenvalue weighted by molar-refractivity contribution is 0.618. The molecule has 0 atom stereocenters. The molecule has 0 spiro atoms. The third-order valence-corrected chi connectivity index (χ3v) is 2.58. The van der Waals surface area contributed by atoms with Gasteiger partial charge in [-0.15, -0.1) is 0 Å². The molecule has 0 aromatic carbocycles. The van der Waals surface area contributed by atoms with Crippen LogP contribution < -0.4 is 0 Å². The van der Waals surface area contributed by atoms with Crippen molar-refractivity contribution in [2.75, 3.05) is 0 Å². The molecular formula is C13H14N2. The maximum atomic E-state index is 8.74. The minimum atomic E-state index is 0.117. The summed E-state index contributed by atoms with van der Waals surface area (Å²) in [6.45, 7) is 4.35. The van der Waals surface area contributed by atoms with Crippen molar-refractivity contribution in [1.29, 1.82) is 5.26 Å². The van der Waals surface area contributed by atoms with Gasteiger partial charge in [0.1, 0.15) is 11.8 Å². The summed E-state index contributed by atoms with van der Waals surface area (Å²) in [5.74, 6) is 0. The summed E-state index contributed by atoms with van der Waals surface area (Å²) in [7, 11) is 0. The SMILES string of the molecule is CC1(C)C=CCC(c2ccc(C#N)[nH]2)=C1. The first-order chi connectivity index (χ1) is 7.11. The highest BCUT2D eigenvalue weighted by Gasteiger charge is 2.16. The molecular weight excluding hydrogens is 184 g/mol. The number of aromatic nitrogens is 1. The van der Waals surface area contributed by atoms with E-state index in [-0.39, 0.29) is 5.41 Å². The van der Waals surface area contributed by atoms with Gasteiger partial charge in [0, 0.05) is 11.1 Å². The zero-order valence-electron chi connectivity index (χ0n) is 9.04. The van der Waals surface area contributed by atoms with E-state index in [0.717, 1.165) is 12.1 Å². The lowest BCUT2D eigenvalue weighted by Gasteiger charge is -2.21. The molecule has 0 aliphatic heterocycles. The molecule has 1 heterocycles. The van der Waals surface area contributed by atoms with Crippen molar-refractivity contribution in [1.82, 2.24) is 4.98 Å². The Kier molecular flexibility index (Phi) is 2.24. The molecule has 76 valence electrons. The van der Waals surface area contributed by atoms with Gasteiger partial charge in [0.2, 0.25) is 0 Å². The van der Waals surface area contributed by atoms with E-state index in [2.05, 4.69) is 43.1 Å². The van der Waals surface area contributed by atoms with Gasteiger partial charge in [0.25, 0.3) is 0 Å². The van der Waals surface area contributed by atoms with E-state index in [4.69, 9.17) is 5.26 Å². The Morgan fingerprint density at radius 3 is 2.80 bits per heavy atom. The summed E-state index contributed by atoms with van der Waals surface area (Å²) < 4.78 is 0. The molecule has 0 saturated carbocycles. The molecule has 2 nitrogen and oxygen atoms in total. The lowest BCUT2D eigenvalue weighted by Crippen LogP contribution is -2.07. The standard InChI is InChI=1S/C13H14N2/c1-13(2)7-3-4-10(8-13)12-6-5-11(9-14)15-12/h3,5-8,15H,4H2,1-2H3. The minimum Gasteiger partial charge on any atom is -0.347 e. The topological polar surface area (TPSA) is 39.6 Å². The van der Waals surface area contributed by atoms with E-state index in [0.29, 0.717) is 5.69 Å². The summed E-state index contributed by atoms with van der Waals surface area (Å²) in [6.07, 6.45) is 7.58. The highest BCUT2D eigenvalue weighted by molar-refractivity contribution is 5.67. The number of hydrogen-bond acceptors (Lipinski definition) is 1. The molecule has 1 aliphatic carbocycles. The molecule has 0 radical (unpaired) electrons. The Hall–Kier alpha value is -1.75. The Morgan fingerprint density at radius 1 is 1.40 bits per heavy atom. The molecule has 1 N–H and O–H groups in total. The van der Waals surface area contributed by atoms with E-state index in [1.54, 1.807) is 0 Å². The summed E-state index contributed by atoms with van der Waals surface area (Å²) in [4.78, 5) is 3.11. The number of H-pyrrole nitrogens is 1. The van der Waals surface area contributed by atoms with Crippen LogP contribution in [-0.4, -0.2) is 4.98 Å². The predicted molar refractivity (Wildman–Crippen MR) is 61.0 cm³/mol. The minimum absolute atomic E-state index is 0.117. The molecule has 2 heteroatoms. The second kappa shape index (κ2) is 3.43. The van der Waals surface area contributed by atoms with Crippen molar-refractivity contribution in [2.45, 2.75) is 20.3 Å². The van der Waals surface area contributed by atoms with E-state index in [9.17, 15) is 0 Å². The second-order valence-corrected chi connectivity index (χ2v) is 4.49. The molecule has 15 heavy (non-hydrogen) atoms. The largest absolute Gasteiger partial charge is 0.347 e. The van der Waals surface area contributed by atoms with Crippen molar-refractivity contribution in [3.05, 3.63) is 41.7 Å². The molecule has 1 aromatic heterocycles. The quantitative estimate of drug-likeness (QED) is 0.691. The van der Waals surface area contributed by atoms with Crippen LogP contribution in [0.2, 0.25) is 0 Å². The van der Waals surface area contributed by atoms with Crippen molar-refractivity contribution in [2.24, 2.45) is 5.41 Å². The Bertz CT molecular complexity index is 467. The van der Waals surface area contributed by atoms with Gasteiger partial charge in [-0.25, -0.2) is 0 Å². The first kappa shape index (κ1) is 9.79. The Labute approximate surface area is 89.9 Å². The first-order valence-electron chi connectivity index (χ1n) is 5.10. The summed E-state index contributed by atoms with van der Waals surface area (Å²) >= 11 is 0. The maximum Gasteiger partial charge on any atom is 0.118 e. The number of allylic oxidation sites excluding steroid dienone is 4. The molecule has 2 rings (SSSR count). The van der Waals surface area contributed by atoms with E-state index in [1.807, 2.05) is 12.1 Å². The summed E-state index contributed by atoms with van der Waals surface area (Å²) in [5, 5.41) is 8.74. The van der Waals surface area contributed by atoms with Gasteiger partial charge in [-0.2, -0.15) is 5.26 Å². The smallest absolute Gasteiger partial charge is 0.118 e. The van der Waals surface area contributed by atoms with Gasteiger partial charge in [0.15, 0.2) is 0 Å². The molecule has 0 unspecified atom stereocenters. The summed E-state index contributed by atoms with van der Waals surface area (Å²) in [6, 6.07) is 5.90. The number of hydrogen-bond donors (Lipinski definition) is 1. The second-order valence-electron chi connectivity index (χ2n) is 4.49. The molecule has 0 bridgehead atoms. The first-order valence-corrected chi connectivity index (χ1v) is 5.10. The van der Waals surface area contributed by atoms with Gasteiger partial charge >= 0.3 is 0 Å². The van der Waals surface area contributed by atoms with Gasteiger partial charge in [0.05, 0.1) is 0 Å². The van der Waals surface area contributed by atoms with Crippen LogP contribution in [0.3, 0.4) is 0 Å². The maximum absolute atomic E-state index is 8.74. The third-order valence-electron chi connectivity index (χ3n) is 2.58. The lowest BCUT2D eigenvalue weighted by atomic mass is 9.84. The van der Waals surface area contributed by atoms with Crippen LogP contribution in [0.15, 0.2) is 30.4 Å². The van der Waals surface area contributed by atoms with Crippen LogP contribution in [0.25, 0.3) is 5.57 Å². The number of nitrogens with zero attached hydrogens (tertiary/aromatic N) is 1. The van der Waals surface area contributed by atoms with Crippen molar-refractivity contribution < 1.29 is 0 Å². The summed E-state index contributed by atoms with van der Waals surface area (Å²) in [5.41, 5.74) is 3.07. The fraction of sp³-hybridized carbons (Fsp3) is 0.308. The van der Waals surface area contributed by atoms with Crippen molar-refractivity contribution in [3.8, 4) is 6.07 Å². The van der Waals surface area contributed by atoms with Crippen LogP contribution in [-0.2, 0) is 0 Å². The van der Waals surface area contributed by atoms with Crippen molar-refractivity contribution in [3.63, 3.8) is 0 Å². The van der Waals surface area contributed by atoms with E-state index >= 15 is 0 Å².